The summed E-state index contributed by atoms with van der Waals surface area (Å²) in [5.74, 6) is 0.0668. The van der Waals surface area contributed by atoms with Crippen LogP contribution in [-0.2, 0) is 16.0 Å². The predicted octanol–water partition coefficient (Wildman–Crippen LogP) is 3.86. The number of aromatic nitrogens is 1. The van der Waals surface area contributed by atoms with Crippen LogP contribution in [0.3, 0.4) is 0 Å². The molecule has 0 radical (unpaired) electrons. The molecule has 150 valence electrons. The normalized spacial score (nSPS) is 16.4. The second-order valence-electron chi connectivity index (χ2n) is 7.18. The first-order chi connectivity index (χ1) is 14.0. The SMILES string of the molecule is COc1ccccc1NC(=O)[C@@H]1CC(=O)N(CCc2c[nH]c3ccc(Cl)cc23)C1. The standard InChI is InChI=1S/C22H22ClN3O3/c1-29-20-5-3-2-4-19(20)25-22(28)15-10-21(27)26(13-15)9-8-14-12-24-18-7-6-16(23)11-17(14)18/h2-7,11-12,15,24H,8-10,13H2,1H3,(H,25,28)/t15-/m1/s1. The van der Waals surface area contributed by atoms with E-state index in [4.69, 9.17) is 16.3 Å². The number of methoxy groups -OCH3 is 1. The number of benzene rings is 2. The molecule has 3 aromatic rings. The van der Waals surface area contributed by atoms with Crippen molar-refractivity contribution in [2.45, 2.75) is 12.8 Å². The van der Waals surface area contributed by atoms with Gasteiger partial charge in [0.1, 0.15) is 5.75 Å². The zero-order valence-corrected chi connectivity index (χ0v) is 16.8. The van der Waals surface area contributed by atoms with Crippen LogP contribution in [0, 0.1) is 5.92 Å². The highest BCUT2D eigenvalue weighted by Crippen LogP contribution is 2.27. The van der Waals surface area contributed by atoms with Crippen molar-refractivity contribution in [3.05, 3.63) is 59.2 Å². The van der Waals surface area contributed by atoms with Gasteiger partial charge in [0, 0.05) is 41.6 Å². The van der Waals surface area contributed by atoms with Gasteiger partial charge in [-0.1, -0.05) is 23.7 Å². The lowest BCUT2D eigenvalue weighted by Gasteiger charge is -2.17. The van der Waals surface area contributed by atoms with Crippen molar-refractivity contribution in [3.63, 3.8) is 0 Å². The third kappa shape index (κ3) is 4.07. The fraction of sp³-hybridized carbons (Fsp3) is 0.273. The number of rotatable bonds is 6. The Hall–Kier alpha value is -2.99. The number of H-pyrrole nitrogens is 1. The van der Waals surface area contributed by atoms with Gasteiger partial charge in [-0.25, -0.2) is 0 Å². The number of carbonyl (C=O) groups excluding carboxylic acids is 2. The topological polar surface area (TPSA) is 74.4 Å². The van der Waals surface area contributed by atoms with Crippen molar-refractivity contribution in [2.75, 3.05) is 25.5 Å². The Kier molecular flexibility index (Phi) is 5.45. The van der Waals surface area contributed by atoms with Gasteiger partial charge >= 0.3 is 0 Å². The molecule has 7 heteroatoms. The summed E-state index contributed by atoms with van der Waals surface area (Å²) in [6, 6.07) is 13.0. The minimum atomic E-state index is -0.371. The summed E-state index contributed by atoms with van der Waals surface area (Å²) in [7, 11) is 1.56. The maximum atomic E-state index is 12.7. The molecule has 29 heavy (non-hydrogen) atoms. The fourth-order valence-corrected chi connectivity index (χ4v) is 3.93. The van der Waals surface area contributed by atoms with E-state index in [1.54, 1.807) is 24.1 Å². The molecule has 4 rings (SSSR count). The Morgan fingerprint density at radius 3 is 2.97 bits per heavy atom. The van der Waals surface area contributed by atoms with E-state index in [9.17, 15) is 9.59 Å². The first-order valence-corrected chi connectivity index (χ1v) is 9.90. The molecular formula is C22H22ClN3O3. The number of hydrogen-bond acceptors (Lipinski definition) is 3. The Morgan fingerprint density at radius 2 is 2.14 bits per heavy atom. The number of para-hydroxylation sites is 2. The molecule has 0 bridgehead atoms. The number of nitrogens with zero attached hydrogens (tertiary/aromatic N) is 1. The van der Waals surface area contributed by atoms with Crippen LogP contribution in [0.2, 0.25) is 5.02 Å². The molecule has 2 heterocycles. The van der Waals surface area contributed by atoms with Gasteiger partial charge in [-0.05, 0) is 42.3 Å². The van der Waals surface area contributed by atoms with E-state index in [0.29, 0.717) is 36.0 Å². The van der Waals surface area contributed by atoms with Crippen molar-refractivity contribution in [2.24, 2.45) is 5.92 Å². The van der Waals surface area contributed by atoms with E-state index in [0.717, 1.165) is 16.5 Å². The summed E-state index contributed by atoms with van der Waals surface area (Å²) >= 11 is 6.11. The van der Waals surface area contributed by atoms with Crippen LogP contribution < -0.4 is 10.1 Å². The third-order valence-corrected chi connectivity index (χ3v) is 5.57. The van der Waals surface area contributed by atoms with E-state index in [-0.39, 0.29) is 24.2 Å². The Labute approximate surface area is 173 Å². The van der Waals surface area contributed by atoms with E-state index in [2.05, 4.69) is 10.3 Å². The zero-order valence-electron chi connectivity index (χ0n) is 16.1. The van der Waals surface area contributed by atoms with Crippen LogP contribution in [-0.4, -0.2) is 41.9 Å². The Morgan fingerprint density at radius 1 is 1.31 bits per heavy atom. The number of likely N-dealkylation sites (tertiary alicyclic amines) is 1. The highest BCUT2D eigenvalue weighted by atomic mass is 35.5. The average molecular weight is 412 g/mol. The van der Waals surface area contributed by atoms with E-state index < -0.39 is 0 Å². The Balaban J connectivity index is 1.38. The number of amides is 2. The fourth-order valence-electron chi connectivity index (χ4n) is 3.76. The molecular weight excluding hydrogens is 390 g/mol. The van der Waals surface area contributed by atoms with E-state index in [1.807, 2.05) is 36.5 Å². The molecule has 0 saturated carbocycles. The van der Waals surface area contributed by atoms with Crippen LogP contribution in [0.25, 0.3) is 10.9 Å². The van der Waals surface area contributed by atoms with Crippen molar-refractivity contribution >= 4 is 40.0 Å². The molecule has 1 fully saturated rings. The van der Waals surface area contributed by atoms with Gasteiger partial charge in [0.05, 0.1) is 18.7 Å². The highest BCUT2D eigenvalue weighted by molar-refractivity contribution is 6.31. The number of nitrogens with one attached hydrogen (secondary N) is 2. The minimum Gasteiger partial charge on any atom is -0.495 e. The zero-order chi connectivity index (χ0) is 20.4. The van der Waals surface area contributed by atoms with Crippen LogP contribution in [0.15, 0.2) is 48.7 Å². The van der Waals surface area contributed by atoms with Crippen LogP contribution in [0.5, 0.6) is 5.75 Å². The summed E-state index contributed by atoms with van der Waals surface area (Å²) in [6.07, 6.45) is 2.88. The van der Waals surface area contributed by atoms with Gasteiger partial charge in [-0.15, -0.1) is 0 Å². The molecule has 2 aromatic carbocycles. The first-order valence-electron chi connectivity index (χ1n) is 9.52. The van der Waals surface area contributed by atoms with E-state index in [1.165, 1.54) is 0 Å². The number of aromatic amines is 1. The quantitative estimate of drug-likeness (QED) is 0.646. The molecule has 1 aromatic heterocycles. The smallest absolute Gasteiger partial charge is 0.229 e. The van der Waals surface area contributed by atoms with Crippen LogP contribution in [0.1, 0.15) is 12.0 Å². The summed E-state index contributed by atoms with van der Waals surface area (Å²) in [6.45, 7) is 0.986. The number of hydrogen-bond donors (Lipinski definition) is 2. The van der Waals surface area contributed by atoms with Crippen molar-refractivity contribution in [3.8, 4) is 5.75 Å². The van der Waals surface area contributed by atoms with Crippen LogP contribution >= 0.6 is 11.6 Å². The maximum Gasteiger partial charge on any atom is 0.229 e. The lowest BCUT2D eigenvalue weighted by molar-refractivity contribution is -0.128. The second-order valence-corrected chi connectivity index (χ2v) is 7.62. The van der Waals surface area contributed by atoms with E-state index >= 15 is 0 Å². The number of anilines is 1. The van der Waals surface area contributed by atoms with Gasteiger partial charge in [-0.3, -0.25) is 9.59 Å². The van der Waals surface area contributed by atoms with Gasteiger partial charge in [-0.2, -0.15) is 0 Å². The molecule has 1 atom stereocenters. The molecule has 0 spiro atoms. The van der Waals surface area contributed by atoms with Gasteiger partial charge < -0.3 is 19.9 Å². The molecule has 2 amide bonds. The number of carbonyl (C=O) groups is 2. The van der Waals surface area contributed by atoms with Crippen molar-refractivity contribution in [1.82, 2.24) is 9.88 Å². The minimum absolute atomic E-state index is 0.00282. The second kappa shape index (κ2) is 8.17. The predicted molar refractivity (Wildman–Crippen MR) is 113 cm³/mol. The average Bonchev–Trinajstić information content (AvgIpc) is 3.29. The summed E-state index contributed by atoms with van der Waals surface area (Å²) in [5, 5.41) is 4.63. The number of ether oxygens (including phenoxy) is 1. The summed E-state index contributed by atoms with van der Waals surface area (Å²) < 4.78 is 5.27. The first kappa shape index (κ1) is 19.3. The van der Waals surface area contributed by atoms with Gasteiger partial charge in [0.25, 0.3) is 0 Å². The molecule has 6 nitrogen and oxygen atoms in total. The number of fused-ring (bicyclic) bond motifs is 1. The van der Waals surface area contributed by atoms with Gasteiger partial charge in [0.2, 0.25) is 11.8 Å². The maximum absolute atomic E-state index is 12.7. The molecule has 2 N–H and O–H groups in total. The lowest BCUT2D eigenvalue weighted by Crippen LogP contribution is -2.30. The summed E-state index contributed by atoms with van der Waals surface area (Å²) in [5.41, 5.74) is 2.74. The Bertz CT molecular complexity index is 1060. The lowest BCUT2D eigenvalue weighted by atomic mass is 10.1. The highest BCUT2D eigenvalue weighted by Gasteiger charge is 2.34. The van der Waals surface area contributed by atoms with Crippen molar-refractivity contribution in [1.29, 1.82) is 0 Å². The monoisotopic (exact) mass is 411 g/mol. The molecule has 1 aliphatic heterocycles. The largest absolute Gasteiger partial charge is 0.495 e. The molecule has 0 aliphatic carbocycles. The number of halogens is 1. The molecule has 1 saturated heterocycles. The van der Waals surface area contributed by atoms with Gasteiger partial charge in [0.15, 0.2) is 0 Å². The third-order valence-electron chi connectivity index (χ3n) is 5.33. The molecule has 0 unspecified atom stereocenters. The van der Waals surface area contributed by atoms with Crippen LogP contribution in [0.4, 0.5) is 5.69 Å². The summed E-state index contributed by atoms with van der Waals surface area (Å²) in [4.78, 5) is 30.1. The van der Waals surface area contributed by atoms with Crippen molar-refractivity contribution < 1.29 is 14.3 Å². The molecule has 1 aliphatic rings.